The molecule has 0 spiro atoms. The van der Waals surface area contributed by atoms with Gasteiger partial charge in [-0.2, -0.15) is 5.26 Å². The van der Waals surface area contributed by atoms with Crippen LogP contribution in [0.2, 0.25) is 19.6 Å². The lowest BCUT2D eigenvalue weighted by atomic mass is 10.1. The molecular weight excluding hydrogens is 256 g/mol. The van der Waals surface area contributed by atoms with Gasteiger partial charge >= 0.3 is 0 Å². The van der Waals surface area contributed by atoms with E-state index in [1.807, 2.05) is 23.9 Å². The molecule has 0 saturated carbocycles. The highest BCUT2D eigenvalue weighted by Gasteiger charge is 2.15. The molecule has 0 unspecified atom stereocenters. The topological polar surface area (TPSA) is 36.1 Å². The maximum Gasteiger partial charge on any atom is 0.142 e. The number of nitrogens with zero attached hydrogens (tertiary/aromatic N) is 2. The van der Waals surface area contributed by atoms with Crippen LogP contribution in [0.5, 0.6) is 0 Å². The Labute approximate surface area is 115 Å². The number of benzene rings is 1. The van der Waals surface area contributed by atoms with Crippen LogP contribution in [0.3, 0.4) is 0 Å². The lowest BCUT2D eigenvalue weighted by Crippen LogP contribution is -2.23. The molecule has 0 radical (unpaired) electrons. The fourth-order valence-corrected chi connectivity index (χ4v) is 4.41. The molecule has 0 aromatic heterocycles. The second kappa shape index (κ2) is 6.21. The first-order chi connectivity index (χ1) is 8.39. The zero-order valence-corrected chi connectivity index (χ0v) is 13.6. The normalized spacial score (nSPS) is 12.3. The summed E-state index contributed by atoms with van der Waals surface area (Å²) in [5.41, 5.74) is 2.64. The molecule has 1 rings (SSSR count). The van der Waals surface area contributed by atoms with E-state index in [1.54, 1.807) is 7.05 Å². The summed E-state index contributed by atoms with van der Waals surface area (Å²) >= 11 is 1.90. The number of nitriles is 1. The Morgan fingerprint density at radius 3 is 2.56 bits per heavy atom. The fraction of sp³-hybridized carbons (Fsp3) is 0.429. The number of thioether (sulfide) groups is 1. The summed E-state index contributed by atoms with van der Waals surface area (Å²) in [6.07, 6.45) is 0. The summed E-state index contributed by atoms with van der Waals surface area (Å²) in [6.45, 7) is 9.18. The third kappa shape index (κ3) is 4.00. The maximum absolute atomic E-state index is 9.07. The molecule has 0 aliphatic rings. The van der Waals surface area contributed by atoms with Crippen molar-refractivity contribution in [2.24, 2.45) is 4.99 Å². The van der Waals surface area contributed by atoms with Gasteiger partial charge in [-0.1, -0.05) is 31.8 Å². The molecule has 0 amide bonds. The Hall–Kier alpha value is -1.05. The van der Waals surface area contributed by atoms with Crippen LogP contribution >= 0.6 is 11.8 Å². The van der Waals surface area contributed by atoms with E-state index in [-0.39, 0.29) is 0 Å². The van der Waals surface area contributed by atoms with Gasteiger partial charge in [-0.15, -0.1) is 11.8 Å². The zero-order chi connectivity index (χ0) is 13.8. The van der Waals surface area contributed by atoms with E-state index in [0.717, 1.165) is 5.56 Å². The summed E-state index contributed by atoms with van der Waals surface area (Å²) in [6, 6.07) is 8.27. The molecule has 0 fully saturated rings. The van der Waals surface area contributed by atoms with E-state index in [1.165, 1.54) is 15.8 Å². The smallest absolute Gasteiger partial charge is 0.142 e. The first-order valence-electron chi connectivity index (χ1n) is 5.98. The predicted octanol–water partition coefficient (Wildman–Crippen LogP) is 3.91. The van der Waals surface area contributed by atoms with Crippen LogP contribution < -0.4 is 0 Å². The predicted molar refractivity (Wildman–Crippen MR) is 83.3 cm³/mol. The van der Waals surface area contributed by atoms with Gasteiger partial charge in [0.2, 0.25) is 0 Å². The maximum atomic E-state index is 9.07. The van der Waals surface area contributed by atoms with Crippen LogP contribution in [-0.2, 0) is 0 Å². The monoisotopic (exact) mass is 276 g/mol. The first-order valence-corrected chi connectivity index (χ1v) is 10.7. The van der Waals surface area contributed by atoms with Gasteiger partial charge < -0.3 is 0 Å². The highest BCUT2D eigenvalue weighted by Crippen LogP contribution is 2.27. The van der Waals surface area contributed by atoms with Gasteiger partial charge in [-0.05, 0) is 23.9 Å². The molecule has 0 atom stereocenters. The summed E-state index contributed by atoms with van der Waals surface area (Å²) in [4.78, 5) is 5.31. The minimum atomic E-state index is -1.06. The van der Waals surface area contributed by atoms with Gasteiger partial charge in [0.05, 0.1) is 8.07 Å². The molecule has 0 aliphatic carbocycles. The molecule has 18 heavy (non-hydrogen) atoms. The minimum Gasteiger partial charge on any atom is -0.277 e. The Balaban J connectivity index is 3.04. The molecule has 0 saturated heterocycles. The SMILES string of the molecule is C/N=C(/C#N)c1cccc(SC[Si](C)(C)C)c1C. The number of rotatable bonds is 4. The Morgan fingerprint density at radius 2 is 2.06 bits per heavy atom. The van der Waals surface area contributed by atoms with Crippen LogP contribution in [0, 0.1) is 18.3 Å². The summed E-state index contributed by atoms with van der Waals surface area (Å²) in [7, 11) is 0.610. The second-order valence-electron chi connectivity index (χ2n) is 5.46. The van der Waals surface area contributed by atoms with Gasteiger partial charge in [0.25, 0.3) is 0 Å². The van der Waals surface area contributed by atoms with E-state index < -0.39 is 8.07 Å². The fourth-order valence-electron chi connectivity index (χ4n) is 1.55. The summed E-state index contributed by atoms with van der Waals surface area (Å²) < 4.78 is 0. The highest BCUT2D eigenvalue weighted by molar-refractivity contribution is 8.01. The quantitative estimate of drug-likeness (QED) is 0.475. The zero-order valence-electron chi connectivity index (χ0n) is 11.7. The standard InChI is InChI=1S/C14H20N2SSi/c1-11-12(13(9-15)16-2)7-6-8-14(11)17-10-18(3,4)5/h6-8H,10H2,1-5H3/b16-13-. The van der Waals surface area contributed by atoms with Crippen LogP contribution in [0.1, 0.15) is 11.1 Å². The molecule has 96 valence electrons. The summed E-state index contributed by atoms with van der Waals surface area (Å²) in [5, 5.41) is 10.3. The van der Waals surface area contributed by atoms with Crippen LogP contribution in [0.25, 0.3) is 0 Å². The number of aliphatic imine (C=N–C) groups is 1. The number of hydrogen-bond donors (Lipinski definition) is 0. The second-order valence-corrected chi connectivity index (χ2v) is 12.5. The van der Waals surface area contributed by atoms with Crippen molar-refractivity contribution in [2.75, 3.05) is 12.4 Å². The third-order valence-electron chi connectivity index (χ3n) is 2.53. The van der Waals surface area contributed by atoms with E-state index in [9.17, 15) is 0 Å². The lowest BCUT2D eigenvalue weighted by Gasteiger charge is -2.16. The molecule has 2 nitrogen and oxygen atoms in total. The molecule has 1 aromatic carbocycles. The average Bonchev–Trinajstić information content (AvgIpc) is 2.30. The minimum absolute atomic E-state index is 0.517. The Morgan fingerprint density at radius 1 is 1.39 bits per heavy atom. The van der Waals surface area contributed by atoms with Crippen molar-refractivity contribution in [3.8, 4) is 6.07 Å². The van der Waals surface area contributed by atoms with Crippen LogP contribution in [0.15, 0.2) is 28.1 Å². The van der Waals surface area contributed by atoms with Crippen molar-refractivity contribution in [3.63, 3.8) is 0 Å². The molecule has 0 aliphatic heterocycles. The summed E-state index contributed by atoms with van der Waals surface area (Å²) in [5.74, 6) is 0. The Bertz CT molecular complexity index is 495. The third-order valence-corrected chi connectivity index (χ3v) is 7.32. The van der Waals surface area contributed by atoms with Crippen molar-refractivity contribution < 1.29 is 0 Å². The van der Waals surface area contributed by atoms with Crippen molar-refractivity contribution in [1.82, 2.24) is 0 Å². The molecule has 1 aromatic rings. The lowest BCUT2D eigenvalue weighted by molar-refractivity contribution is 1.28. The van der Waals surface area contributed by atoms with E-state index in [2.05, 4.69) is 43.7 Å². The average molecular weight is 276 g/mol. The largest absolute Gasteiger partial charge is 0.277 e. The van der Waals surface area contributed by atoms with E-state index in [4.69, 9.17) is 5.26 Å². The van der Waals surface area contributed by atoms with Crippen LogP contribution in [0.4, 0.5) is 0 Å². The van der Waals surface area contributed by atoms with Gasteiger partial charge in [-0.3, -0.25) is 4.99 Å². The van der Waals surface area contributed by atoms with E-state index >= 15 is 0 Å². The van der Waals surface area contributed by atoms with Gasteiger partial charge in [-0.25, -0.2) is 0 Å². The molecule has 4 heteroatoms. The molecular formula is C14H20N2SSi. The Kier molecular flexibility index (Phi) is 5.18. The van der Waals surface area contributed by atoms with Gasteiger partial charge in [0, 0.05) is 17.5 Å². The first kappa shape index (κ1) is 15.0. The van der Waals surface area contributed by atoms with Crippen LogP contribution in [-0.4, -0.2) is 26.2 Å². The number of hydrogen-bond acceptors (Lipinski definition) is 3. The van der Waals surface area contributed by atoms with Gasteiger partial charge in [0.1, 0.15) is 11.8 Å². The van der Waals surface area contributed by atoms with Crippen molar-refractivity contribution in [2.45, 2.75) is 31.5 Å². The van der Waals surface area contributed by atoms with Crippen molar-refractivity contribution in [3.05, 3.63) is 29.3 Å². The van der Waals surface area contributed by atoms with Crippen molar-refractivity contribution >= 4 is 25.5 Å². The van der Waals surface area contributed by atoms with Gasteiger partial charge in [0.15, 0.2) is 0 Å². The molecule has 0 N–H and O–H groups in total. The molecule has 0 heterocycles. The van der Waals surface area contributed by atoms with Crippen molar-refractivity contribution in [1.29, 1.82) is 5.26 Å². The van der Waals surface area contributed by atoms with E-state index in [0.29, 0.717) is 5.71 Å². The molecule has 0 bridgehead atoms. The highest BCUT2D eigenvalue weighted by atomic mass is 32.2.